The normalized spacial score (nSPS) is 18.6. The molecule has 0 N–H and O–H groups in total. The van der Waals surface area contributed by atoms with Crippen molar-refractivity contribution in [3.05, 3.63) is 47.7 Å². The zero-order valence-corrected chi connectivity index (χ0v) is 10.7. The van der Waals surface area contributed by atoms with Gasteiger partial charge in [0.2, 0.25) is 0 Å². The Morgan fingerprint density at radius 2 is 2.00 bits per heavy atom. The molecule has 0 saturated carbocycles. The fourth-order valence-corrected chi connectivity index (χ4v) is 1.94. The highest BCUT2D eigenvalue weighted by atomic mass is 19.2. The Labute approximate surface area is 106 Å². The SMILES string of the molecule is COc1ccc(C2C=C(C)C=CN2F)c(OC)c1. The number of nitrogens with zero attached hydrogens (tertiary/aromatic N) is 1. The van der Waals surface area contributed by atoms with Crippen molar-refractivity contribution in [1.29, 1.82) is 0 Å². The number of ether oxygens (including phenoxy) is 2. The van der Waals surface area contributed by atoms with Crippen LogP contribution in [-0.2, 0) is 0 Å². The van der Waals surface area contributed by atoms with E-state index in [1.165, 1.54) is 6.20 Å². The molecule has 2 rings (SSSR count). The molecular formula is C14H16FNO2. The Balaban J connectivity index is 2.41. The summed E-state index contributed by atoms with van der Waals surface area (Å²) in [6.07, 6.45) is 5.00. The summed E-state index contributed by atoms with van der Waals surface area (Å²) in [7, 11) is 3.15. The molecule has 3 nitrogen and oxygen atoms in total. The summed E-state index contributed by atoms with van der Waals surface area (Å²) in [5, 5.41) is 0.664. The molecule has 0 radical (unpaired) electrons. The van der Waals surface area contributed by atoms with Crippen LogP contribution in [0.25, 0.3) is 0 Å². The Hall–Kier alpha value is -1.97. The molecule has 0 aliphatic carbocycles. The summed E-state index contributed by atoms with van der Waals surface area (Å²) >= 11 is 0. The summed E-state index contributed by atoms with van der Waals surface area (Å²) in [6.45, 7) is 1.94. The zero-order valence-electron chi connectivity index (χ0n) is 10.7. The third-order valence-corrected chi connectivity index (χ3v) is 2.93. The first-order valence-corrected chi connectivity index (χ1v) is 5.68. The van der Waals surface area contributed by atoms with Gasteiger partial charge in [0.05, 0.1) is 14.2 Å². The standard InChI is InChI=1S/C14H16FNO2/c1-10-6-7-16(15)13(8-10)12-5-4-11(17-2)9-14(12)18-3/h4-9,13H,1-3H3. The van der Waals surface area contributed by atoms with E-state index >= 15 is 0 Å². The Morgan fingerprint density at radius 1 is 1.22 bits per heavy atom. The predicted molar refractivity (Wildman–Crippen MR) is 68.1 cm³/mol. The Kier molecular flexibility index (Phi) is 3.55. The van der Waals surface area contributed by atoms with Crippen LogP contribution in [0.5, 0.6) is 11.5 Å². The van der Waals surface area contributed by atoms with E-state index < -0.39 is 6.04 Å². The molecule has 18 heavy (non-hydrogen) atoms. The maximum absolute atomic E-state index is 13.8. The smallest absolute Gasteiger partial charge is 0.128 e. The third-order valence-electron chi connectivity index (χ3n) is 2.93. The first-order chi connectivity index (χ1) is 8.65. The molecule has 0 bridgehead atoms. The van der Waals surface area contributed by atoms with E-state index in [4.69, 9.17) is 9.47 Å². The second-order valence-corrected chi connectivity index (χ2v) is 4.12. The van der Waals surface area contributed by atoms with Crippen molar-refractivity contribution in [2.45, 2.75) is 13.0 Å². The van der Waals surface area contributed by atoms with Gasteiger partial charge in [-0.05, 0) is 25.1 Å². The lowest BCUT2D eigenvalue weighted by Crippen LogP contribution is -2.16. The Bertz CT molecular complexity index is 497. The number of hydrogen-bond acceptors (Lipinski definition) is 3. The molecule has 1 aliphatic rings. The second kappa shape index (κ2) is 5.12. The van der Waals surface area contributed by atoms with Crippen molar-refractivity contribution < 1.29 is 14.0 Å². The first-order valence-electron chi connectivity index (χ1n) is 5.68. The van der Waals surface area contributed by atoms with Crippen molar-refractivity contribution in [2.75, 3.05) is 14.2 Å². The van der Waals surface area contributed by atoms with E-state index in [0.29, 0.717) is 16.6 Å². The lowest BCUT2D eigenvalue weighted by molar-refractivity contribution is 0.0534. The van der Waals surface area contributed by atoms with Crippen molar-refractivity contribution >= 4 is 0 Å². The summed E-state index contributed by atoms with van der Waals surface area (Å²) in [5.41, 5.74) is 1.79. The van der Waals surface area contributed by atoms with Gasteiger partial charge in [0.15, 0.2) is 0 Å². The van der Waals surface area contributed by atoms with Gasteiger partial charge in [0.1, 0.15) is 17.5 Å². The lowest BCUT2D eigenvalue weighted by atomic mass is 10.0. The van der Waals surface area contributed by atoms with Gasteiger partial charge in [0, 0.05) is 17.8 Å². The molecule has 0 spiro atoms. The summed E-state index contributed by atoms with van der Waals surface area (Å²) in [4.78, 5) is 0. The van der Waals surface area contributed by atoms with Crippen LogP contribution in [-0.4, -0.2) is 19.3 Å². The summed E-state index contributed by atoms with van der Waals surface area (Å²) < 4.78 is 24.2. The monoisotopic (exact) mass is 249 g/mol. The average molecular weight is 249 g/mol. The van der Waals surface area contributed by atoms with Gasteiger partial charge in [-0.15, -0.1) is 0 Å². The number of allylic oxidation sites excluding steroid dienone is 2. The third kappa shape index (κ3) is 2.32. The van der Waals surface area contributed by atoms with Crippen molar-refractivity contribution in [1.82, 2.24) is 5.12 Å². The van der Waals surface area contributed by atoms with E-state index in [0.717, 1.165) is 11.1 Å². The van der Waals surface area contributed by atoms with E-state index in [1.54, 1.807) is 32.4 Å². The molecule has 0 fully saturated rings. The average Bonchev–Trinajstić information content (AvgIpc) is 2.41. The van der Waals surface area contributed by atoms with Crippen LogP contribution in [0.15, 0.2) is 42.1 Å². The zero-order chi connectivity index (χ0) is 13.1. The van der Waals surface area contributed by atoms with Crippen LogP contribution in [0, 0.1) is 0 Å². The predicted octanol–water partition coefficient (Wildman–Crippen LogP) is 3.41. The largest absolute Gasteiger partial charge is 0.497 e. The summed E-state index contributed by atoms with van der Waals surface area (Å²) in [6, 6.07) is 4.91. The van der Waals surface area contributed by atoms with Crippen molar-refractivity contribution in [2.24, 2.45) is 0 Å². The number of halogens is 1. The van der Waals surface area contributed by atoms with E-state index in [1.807, 2.05) is 19.1 Å². The van der Waals surface area contributed by atoms with Crippen LogP contribution < -0.4 is 9.47 Å². The minimum atomic E-state index is -0.462. The maximum atomic E-state index is 13.8. The molecular weight excluding hydrogens is 233 g/mol. The second-order valence-electron chi connectivity index (χ2n) is 4.12. The highest BCUT2D eigenvalue weighted by Crippen LogP contribution is 2.36. The van der Waals surface area contributed by atoms with Gasteiger partial charge in [0.25, 0.3) is 0 Å². The molecule has 96 valence electrons. The fourth-order valence-electron chi connectivity index (χ4n) is 1.94. The molecule has 0 amide bonds. The molecule has 4 heteroatoms. The molecule has 1 aromatic carbocycles. The topological polar surface area (TPSA) is 21.7 Å². The first kappa shape index (κ1) is 12.5. The van der Waals surface area contributed by atoms with Crippen LogP contribution in [0.3, 0.4) is 0 Å². The van der Waals surface area contributed by atoms with E-state index in [9.17, 15) is 4.48 Å². The van der Waals surface area contributed by atoms with E-state index in [-0.39, 0.29) is 0 Å². The molecule has 1 aromatic rings. The van der Waals surface area contributed by atoms with Gasteiger partial charge in [-0.3, -0.25) is 0 Å². The van der Waals surface area contributed by atoms with Crippen LogP contribution in [0.2, 0.25) is 0 Å². The highest BCUT2D eigenvalue weighted by molar-refractivity contribution is 5.45. The van der Waals surface area contributed by atoms with Gasteiger partial charge < -0.3 is 9.47 Å². The van der Waals surface area contributed by atoms with Crippen LogP contribution in [0.4, 0.5) is 4.48 Å². The minimum Gasteiger partial charge on any atom is -0.497 e. The van der Waals surface area contributed by atoms with Crippen molar-refractivity contribution in [3.63, 3.8) is 0 Å². The fraction of sp³-hybridized carbons (Fsp3) is 0.286. The molecule has 0 aromatic heterocycles. The van der Waals surface area contributed by atoms with Gasteiger partial charge >= 0.3 is 0 Å². The maximum Gasteiger partial charge on any atom is 0.128 e. The molecule has 1 unspecified atom stereocenters. The molecule has 1 heterocycles. The summed E-state index contributed by atoms with van der Waals surface area (Å²) in [5.74, 6) is 1.30. The lowest BCUT2D eigenvalue weighted by Gasteiger charge is -2.25. The van der Waals surface area contributed by atoms with Gasteiger partial charge in [-0.2, -0.15) is 0 Å². The quantitative estimate of drug-likeness (QED) is 0.766. The number of hydrogen-bond donors (Lipinski definition) is 0. The van der Waals surface area contributed by atoms with Gasteiger partial charge in [-0.1, -0.05) is 16.1 Å². The van der Waals surface area contributed by atoms with Crippen molar-refractivity contribution in [3.8, 4) is 11.5 Å². The Morgan fingerprint density at radius 3 is 2.67 bits per heavy atom. The van der Waals surface area contributed by atoms with Crippen LogP contribution >= 0.6 is 0 Å². The molecule has 1 aliphatic heterocycles. The molecule has 0 saturated heterocycles. The van der Waals surface area contributed by atoms with Gasteiger partial charge in [-0.25, -0.2) is 5.12 Å². The number of methoxy groups -OCH3 is 2. The number of rotatable bonds is 3. The molecule has 1 atom stereocenters. The van der Waals surface area contributed by atoms with Crippen LogP contribution in [0.1, 0.15) is 18.5 Å². The highest BCUT2D eigenvalue weighted by Gasteiger charge is 2.22. The van der Waals surface area contributed by atoms with E-state index in [2.05, 4.69) is 0 Å². The minimum absolute atomic E-state index is 0.462. The number of benzene rings is 1.